The molecule has 2 aliphatic rings. The number of hydrogen-bond acceptors (Lipinski definition) is 2. The zero-order valence-electron chi connectivity index (χ0n) is 10.2. The Morgan fingerprint density at radius 1 is 1.30 bits per heavy atom. The van der Waals surface area contributed by atoms with Crippen LogP contribution in [0.1, 0.15) is 12.1 Å². The Bertz CT molecular complexity index is 710. The van der Waals surface area contributed by atoms with E-state index < -0.39 is 17.2 Å². The van der Waals surface area contributed by atoms with Crippen LogP contribution >= 0.6 is 15.9 Å². The topological polar surface area (TPSA) is 30.7 Å². The van der Waals surface area contributed by atoms with E-state index in [-0.39, 0.29) is 13.0 Å². The number of pyridine rings is 1. The second kappa shape index (κ2) is 3.63. The highest BCUT2D eigenvalue weighted by Crippen LogP contribution is 2.65. The molecule has 0 saturated heterocycles. The Hall–Kier alpha value is -1.37. The van der Waals surface area contributed by atoms with Crippen LogP contribution in [0.3, 0.4) is 0 Å². The Morgan fingerprint density at radius 3 is 2.60 bits per heavy atom. The number of fused-ring (bicyclic) bond motifs is 1. The van der Waals surface area contributed by atoms with E-state index in [4.69, 9.17) is 0 Å². The molecule has 4 rings (SSSR count). The molecule has 1 fully saturated rings. The molecule has 1 saturated carbocycles. The van der Waals surface area contributed by atoms with Crippen LogP contribution in [0.15, 0.2) is 22.8 Å². The number of nitrogens with zero attached hydrogens (tertiary/aromatic N) is 3. The Labute approximate surface area is 120 Å². The molecule has 0 bridgehead atoms. The van der Waals surface area contributed by atoms with Gasteiger partial charge in [0.25, 0.3) is 5.92 Å². The molecule has 0 amide bonds. The summed E-state index contributed by atoms with van der Waals surface area (Å²) in [7, 11) is 0. The van der Waals surface area contributed by atoms with Crippen LogP contribution in [-0.2, 0) is 13.0 Å². The van der Waals surface area contributed by atoms with Crippen LogP contribution in [-0.4, -0.2) is 20.7 Å². The minimum absolute atomic E-state index is 0.0695. The van der Waals surface area contributed by atoms with Crippen LogP contribution < -0.4 is 0 Å². The molecular formula is C13H9BrF3N3. The van der Waals surface area contributed by atoms with Crippen molar-refractivity contribution in [2.75, 3.05) is 0 Å². The van der Waals surface area contributed by atoms with Crippen molar-refractivity contribution in [3.8, 4) is 11.4 Å². The largest absolute Gasteiger partial charge is 0.267 e. The molecule has 20 heavy (non-hydrogen) atoms. The zero-order valence-corrected chi connectivity index (χ0v) is 11.8. The Morgan fingerprint density at radius 2 is 2.05 bits per heavy atom. The third-order valence-electron chi connectivity index (χ3n) is 4.13. The van der Waals surface area contributed by atoms with E-state index in [9.17, 15) is 13.2 Å². The van der Waals surface area contributed by atoms with Crippen molar-refractivity contribution in [2.45, 2.75) is 25.3 Å². The number of rotatable bonds is 1. The predicted octanol–water partition coefficient (Wildman–Crippen LogP) is 3.43. The van der Waals surface area contributed by atoms with Gasteiger partial charge in [-0.05, 0) is 28.1 Å². The average molecular weight is 344 g/mol. The smallest absolute Gasteiger partial charge is 0.256 e. The van der Waals surface area contributed by atoms with Gasteiger partial charge in [-0.25, -0.2) is 13.2 Å². The maximum absolute atomic E-state index is 13.4. The summed E-state index contributed by atoms with van der Waals surface area (Å²) in [6, 6.07) is 2.83. The molecule has 0 N–H and O–H groups in total. The fraction of sp³-hybridized carbons (Fsp3) is 0.385. The monoisotopic (exact) mass is 343 g/mol. The first-order chi connectivity index (χ1) is 9.42. The quantitative estimate of drug-likeness (QED) is 0.794. The summed E-state index contributed by atoms with van der Waals surface area (Å²) in [6.07, 6.45) is 1.36. The minimum Gasteiger partial charge on any atom is -0.267 e. The third-order valence-corrected chi connectivity index (χ3v) is 4.97. The van der Waals surface area contributed by atoms with Crippen molar-refractivity contribution < 1.29 is 13.2 Å². The molecule has 2 aromatic rings. The Kier molecular flexibility index (Phi) is 2.25. The van der Waals surface area contributed by atoms with Crippen LogP contribution in [0.4, 0.5) is 13.2 Å². The number of hydrogen-bond donors (Lipinski definition) is 0. The van der Waals surface area contributed by atoms with E-state index in [1.165, 1.54) is 12.1 Å². The van der Waals surface area contributed by atoms with Crippen molar-refractivity contribution in [1.82, 2.24) is 14.8 Å². The van der Waals surface area contributed by atoms with Gasteiger partial charge in [-0.1, -0.05) is 0 Å². The van der Waals surface area contributed by atoms with Gasteiger partial charge < -0.3 is 0 Å². The van der Waals surface area contributed by atoms with Crippen LogP contribution in [0.25, 0.3) is 11.4 Å². The standard InChI is InChI=1S/C13H9BrF3N3/c14-10-9-3-12(5-13(12,16)17)6-20(9)19-11(10)8-2-1-7(15)4-18-8/h1-2,4H,3,5-6H2. The highest BCUT2D eigenvalue weighted by Gasteiger charge is 2.73. The normalized spacial score (nSPS) is 26.0. The second-order valence-electron chi connectivity index (χ2n) is 5.47. The molecule has 2 aromatic heterocycles. The lowest BCUT2D eigenvalue weighted by Crippen LogP contribution is -2.13. The van der Waals surface area contributed by atoms with Gasteiger partial charge in [-0.2, -0.15) is 5.10 Å². The zero-order chi connectivity index (χ0) is 14.1. The van der Waals surface area contributed by atoms with Crippen molar-refractivity contribution in [2.24, 2.45) is 5.41 Å². The Balaban J connectivity index is 1.72. The maximum Gasteiger partial charge on any atom is 0.256 e. The van der Waals surface area contributed by atoms with E-state index in [0.717, 1.165) is 11.9 Å². The first-order valence-electron chi connectivity index (χ1n) is 6.17. The lowest BCUT2D eigenvalue weighted by Gasteiger charge is -2.06. The minimum atomic E-state index is -2.58. The molecule has 3 nitrogen and oxygen atoms in total. The van der Waals surface area contributed by atoms with Crippen LogP contribution in [0.2, 0.25) is 0 Å². The molecule has 3 heterocycles. The van der Waals surface area contributed by atoms with E-state index in [2.05, 4.69) is 26.0 Å². The fourth-order valence-electron chi connectivity index (χ4n) is 2.86. The van der Waals surface area contributed by atoms with Crippen molar-refractivity contribution in [3.05, 3.63) is 34.3 Å². The summed E-state index contributed by atoms with van der Waals surface area (Å²) in [5.74, 6) is -3.00. The average Bonchev–Trinajstić information content (AvgIpc) is 2.69. The highest BCUT2D eigenvalue weighted by molar-refractivity contribution is 9.10. The van der Waals surface area contributed by atoms with Crippen molar-refractivity contribution in [3.63, 3.8) is 0 Å². The SMILES string of the molecule is Fc1ccc(-c2nn3c(c2Br)CC2(C3)CC2(F)F)nc1. The summed E-state index contributed by atoms with van der Waals surface area (Å²) in [4.78, 5) is 3.97. The first-order valence-corrected chi connectivity index (χ1v) is 6.96. The van der Waals surface area contributed by atoms with Gasteiger partial charge in [0, 0.05) is 12.8 Å². The lowest BCUT2D eigenvalue weighted by molar-refractivity contribution is 0.0629. The van der Waals surface area contributed by atoms with Crippen molar-refractivity contribution in [1.29, 1.82) is 0 Å². The fourth-order valence-corrected chi connectivity index (χ4v) is 3.49. The van der Waals surface area contributed by atoms with Gasteiger partial charge in [0.1, 0.15) is 11.5 Å². The lowest BCUT2D eigenvalue weighted by atomic mass is 10.0. The summed E-state index contributed by atoms with van der Waals surface area (Å²) >= 11 is 3.41. The third kappa shape index (κ3) is 1.52. The molecule has 1 atom stereocenters. The van der Waals surface area contributed by atoms with Crippen molar-refractivity contribution >= 4 is 15.9 Å². The summed E-state index contributed by atoms with van der Waals surface area (Å²) < 4.78 is 42.0. The summed E-state index contributed by atoms with van der Waals surface area (Å²) in [5, 5.41) is 4.34. The highest BCUT2D eigenvalue weighted by atomic mass is 79.9. The molecule has 1 aliphatic heterocycles. The molecule has 104 valence electrons. The maximum atomic E-state index is 13.4. The predicted molar refractivity (Wildman–Crippen MR) is 68.8 cm³/mol. The van der Waals surface area contributed by atoms with Crippen LogP contribution in [0, 0.1) is 11.2 Å². The van der Waals surface area contributed by atoms with E-state index in [0.29, 0.717) is 22.3 Å². The summed E-state index contributed by atoms with van der Waals surface area (Å²) in [5.41, 5.74) is 0.922. The molecule has 1 unspecified atom stereocenters. The van der Waals surface area contributed by atoms with Gasteiger partial charge in [-0.15, -0.1) is 0 Å². The molecule has 1 aliphatic carbocycles. The number of aromatic nitrogens is 3. The molecule has 1 spiro atoms. The van der Waals surface area contributed by atoms with Crippen LogP contribution in [0.5, 0.6) is 0 Å². The first kappa shape index (κ1) is 12.4. The van der Waals surface area contributed by atoms with Gasteiger partial charge in [0.05, 0.1) is 34.0 Å². The van der Waals surface area contributed by atoms with Gasteiger partial charge >= 0.3 is 0 Å². The van der Waals surface area contributed by atoms with E-state index in [1.54, 1.807) is 4.68 Å². The summed E-state index contributed by atoms with van der Waals surface area (Å²) in [6.45, 7) is 0.231. The molecule has 0 radical (unpaired) electrons. The number of alkyl halides is 2. The van der Waals surface area contributed by atoms with E-state index >= 15 is 0 Å². The van der Waals surface area contributed by atoms with Gasteiger partial charge in [0.15, 0.2) is 0 Å². The second-order valence-corrected chi connectivity index (χ2v) is 6.26. The van der Waals surface area contributed by atoms with Gasteiger partial charge in [0.2, 0.25) is 0 Å². The number of halogens is 4. The van der Waals surface area contributed by atoms with Gasteiger partial charge in [-0.3, -0.25) is 9.67 Å². The van der Waals surface area contributed by atoms with E-state index in [1.807, 2.05) is 0 Å². The molecule has 0 aromatic carbocycles. The molecule has 7 heteroatoms. The molecular weight excluding hydrogens is 335 g/mol.